The molecule has 1 amide bonds. The van der Waals surface area contributed by atoms with E-state index in [1.54, 1.807) is 28.9 Å². The number of thioether (sulfide) groups is 1. The zero-order valence-corrected chi connectivity index (χ0v) is 15.3. The van der Waals surface area contributed by atoms with E-state index in [4.69, 9.17) is 0 Å². The Morgan fingerprint density at radius 1 is 1.19 bits per heavy atom. The van der Waals surface area contributed by atoms with Gasteiger partial charge in [-0.05, 0) is 30.5 Å². The highest BCUT2D eigenvalue weighted by atomic mass is 32.2. The Bertz CT molecular complexity index is 992. The molecule has 8 heteroatoms. The first-order valence-corrected chi connectivity index (χ1v) is 9.23. The summed E-state index contributed by atoms with van der Waals surface area (Å²) in [6.07, 6.45) is 3.17. The monoisotopic (exact) mass is 376 g/mol. The summed E-state index contributed by atoms with van der Waals surface area (Å²) in [6.45, 7) is 0. The first-order chi connectivity index (χ1) is 13.2. The van der Waals surface area contributed by atoms with Crippen LogP contribution in [-0.2, 0) is 0 Å². The second-order valence-corrected chi connectivity index (χ2v) is 6.08. The number of para-hydroxylation sites is 1. The van der Waals surface area contributed by atoms with E-state index in [1.165, 1.54) is 18.1 Å². The molecule has 134 valence electrons. The number of hydrogen-bond acceptors (Lipinski definition) is 5. The molecule has 0 atom stereocenters. The van der Waals surface area contributed by atoms with Gasteiger partial charge in [0, 0.05) is 5.56 Å². The summed E-state index contributed by atoms with van der Waals surface area (Å²) < 4.78 is 1.60. The molecule has 0 saturated heterocycles. The van der Waals surface area contributed by atoms with Gasteiger partial charge in [0.05, 0.1) is 5.69 Å². The minimum absolute atomic E-state index is 0.288. The number of aliphatic imine (C=N–C) groups is 1. The lowest BCUT2D eigenvalue weighted by molar-refractivity contribution is 0.0944. The van der Waals surface area contributed by atoms with Crippen molar-refractivity contribution < 1.29 is 4.79 Å². The summed E-state index contributed by atoms with van der Waals surface area (Å²) in [6, 6.07) is 20.4. The number of carbonyl (C=O) groups is 1. The molecule has 0 saturated carbocycles. The van der Waals surface area contributed by atoms with Crippen LogP contribution < -0.4 is 10.9 Å². The van der Waals surface area contributed by atoms with Gasteiger partial charge in [-0.2, -0.15) is 10.4 Å². The Morgan fingerprint density at radius 2 is 1.85 bits per heavy atom. The van der Waals surface area contributed by atoms with Gasteiger partial charge in [-0.25, -0.2) is 9.67 Å². The fourth-order valence-corrected chi connectivity index (χ4v) is 2.86. The SMILES string of the molecule is CSc1nn(-c2ccccc2)c(/N=C/NNC(=O)c2ccccc2)c1C#N. The van der Waals surface area contributed by atoms with Gasteiger partial charge in [-0.1, -0.05) is 36.4 Å². The Balaban J connectivity index is 1.81. The number of nitriles is 1. The average molecular weight is 376 g/mol. The summed E-state index contributed by atoms with van der Waals surface area (Å²) in [5.74, 6) is 0.0958. The van der Waals surface area contributed by atoms with Gasteiger partial charge in [-0.15, -0.1) is 11.8 Å². The Morgan fingerprint density at radius 3 is 2.48 bits per heavy atom. The van der Waals surface area contributed by atoms with Crippen molar-refractivity contribution in [1.82, 2.24) is 20.6 Å². The Kier molecular flexibility index (Phi) is 5.87. The van der Waals surface area contributed by atoms with Gasteiger partial charge in [0.15, 0.2) is 5.82 Å². The Hall–Kier alpha value is -3.57. The van der Waals surface area contributed by atoms with Crippen molar-refractivity contribution >= 4 is 29.8 Å². The third kappa shape index (κ3) is 4.16. The predicted molar refractivity (Wildman–Crippen MR) is 105 cm³/mol. The zero-order chi connectivity index (χ0) is 19.1. The van der Waals surface area contributed by atoms with Crippen LogP contribution >= 0.6 is 11.8 Å². The van der Waals surface area contributed by atoms with Gasteiger partial charge < -0.3 is 0 Å². The normalized spacial score (nSPS) is 10.5. The summed E-state index contributed by atoms with van der Waals surface area (Å²) in [5.41, 5.74) is 6.86. The van der Waals surface area contributed by atoms with Crippen LogP contribution in [0.2, 0.25) is 0 Å². The van der Waals surface area contributed by atoms with Crippen LogP contribution in [0.25, 0.3) is 5.69 Å². The zero-order valence-electron chi connectivity index (χ0n) is 14.5. The van der Waals surface area contributed by atoms with E-state index >= 15 is 0 Å². The van der Waals surface area contributed by atoms with E-state index in [2.05, 4.69) is 27.0 Å². The summed E-state index contributed by atoms with van der Waals surface area (Å²) in [4.78, 5) is 16.3. The van der Waals surface area contributed by atoms with Crippen LogP contribution in [0.5, 0.6) is 0 Å². The number of nitrogens with one attached hydrogen (secondary N) is 2. The quantitative estimate of drug-likeness (QED) is 0.298. The van der Waals surface area contributed by atoms with Gasteiger partial charge in [-0.3, -0.25) is 15.6 Å². The van der Waals surface area contributed by atoms with Crippen LogP contribution in [0.1, 0.15) is 15.9 Å². The number of carbonyl (C=O) groups excluding carboxylic acids is 1. The molecule has 0 aliphatic carbocycles. The molecular formula is C19H16N6OS. The van der Waals surface area contributed by atoms with E-state index in [1.807, 2.05) is 42.7 Å². The number of hydrazine groups is 1. The molecule has 0 fully saturated rings. The molecule has 7 nitrogen and oxygen atoms in total. The maximum Gasteiger partial charge on any atom is 0.269 e. The molecule has 0 radical (unpaired) electrons. The molecule has 3 rings (SSSR count). The number of hydrogen-bond donors (Lipinski definition) is 2. The van der Waals surface area contributed by atoms with Crippen molar-refractivity contribution in [1.29, 1.82) is 5.26 Å². The number of rotatable bonds is 6. The highest BCUT2D eigenvalue weighted by Crippen LogP contribution is 2.30. The predicted octanol–water partition coefficient (Wildman–Crippen LogP) is 3.06. The first kappa shape index (κ1) is 18.2. The molecule has 2 N–H and O–H groups in total. The van der Waals surface area contributed by atoms with E-state index in [-0.39, 0.29) is 5.91 Å². The number of aromatic nitrogens is 2. The summed E-state index contributed by atoms with van der Waals surface area (Å²) in [5, 5.41) is 14.5. The van der Waals surface area contributed by atoms with Crippen molar-refractivity contribution in [2.75, 3.05) is 6.26 Å². The lowest BCUT2D eigenvalue weighted by atomic mass is 10.2. The summed E-state index contributed by atoms with van der Waals surface area (Å²) in [7, 11) is 0. The molecule has 0 aliphatic heterocycles. The molecular weight excluding hydrogens is 360 g/mol. The second-order valence-electron chi connectivity index (χ2n) is 5.29. The molecule has 0 unspecified atom stereocenters. The molecule has 1 heterocycles. The number of nitrogens with zero attached hydrogens (tertiary/aromatic N) is 4. The molecule has 1 aromatic heterocycles. The molecule has 0 aliphatic rings. The third-order valence-electron chi connectivity index (χ3n) is 3.61. The maximum atomic E-state index is 12.0. The Labute approximate surface area is 160 Å². The van der Waals surface area contributed by atoms with E-state index in [0.717, 1.165) is 5.69 Å². The smallest absolute Gasteiger partial charge is 0.269 e. The fraction of sp³-hybridized carbons (Fsp3) is 0.0526. The standard InChI is InChI=1S/C19H16N6OS/c1-27-19-16(12-20)17(25(24-19)15-10-6-3-7-11-15)21-13-22-23-18(26)14-8-4-2-5-9-14/h2-11,13H,1H3,(H,21,22)(H,23,26). The van der Waals surface area contributed by atoms with E-state index in [0.29, 0.717) is 22.0 Å². The second kappa shape index (κ2) is 8.69. The molecule has 27 heavy (non-hydrogen) atoms. The molecule has 0 spiro atoms. The van der Waals surface area contributed by atoms with E-state index in [9.17, 15) is 10.1 Å². The largest absolute Gasteiger partial charge is 0.288 e. The van der Waals surface area contributed by atoms with Crippen LogP contribution in [0.4, 0.5) is 5.82 Å². The molecule has 0 bridgehead atoms. The van der Waals surface area contributed by atoms with Crippen molar-refractivity contribution in [3.8, 4) is 11.8 Å². The van der Waals surface area contributed by atoms with Gasteiger partial charge in [0.1, 0.15) is 23.0 Å². The highest BCUT2D eigenvalue weighted by molar-refractivity contribution is 7.98. The van der Waals surface area contributed by atoms with Gasteiger partial charge in [0.25, 0.3) is 5.91 Å². The van der Waals surface area contributed by atoms with Crippen LogP contribution in [0.3, 0.4) is 0 Å². The van der Waals surface area contributed by atoms with Crippen LogP contribution in [0, 0.1) is 11.3 Å². The van der Waals surface area contributed by atoms with E-state index < -0.39 is 0 Å². The first-order valence-electron chi connectivity index (χ1n) is 8.00. The van der Waals surface area contributed by atoms with Gasteiger partial charge in [0.2, 0.25) is 0 Å². The number of amides is 1. The van der Waals surface area contributed by atoms with Crippen LogP contribution in [-0.4, -0.2) is 28.3 Å². The van der Waals surface area contributed by atoms with Crippen molar-refractivity contribution in [3.63, 3.8) is 0 Å². The highest BCUT2D eigenvalue weighted by Gasteiger charge is 2.17. The average Bonchev–Trinajstić information content (AvgIpc) is 3.10. The topological polar surface area (TPSA) is 95.1 Å². The van der Waals surface area contributed by atoms with Crippen molar-refractivity contribution in [2.24, 2.45) is 4.99 Å². The number of benzene rings is 2. The summed E-state index contributed by atoms with van der Waals surface area (Å²) >= 11 is 1.37. The minimum atomic E-state index is -0.288. The fourth-order valence-electron chi connectivity index (χ4n) is 2.35. The van der Waals surface area contributed by atoms with Crippen LogP contribution in [0.15, 0.2) is 70.7 Å². The lowest BCUT2D eigenvalue weighted by Crippen LogP contribution is -2.36. The van der Waals surface area contributed by atoms with Gasteiger partial charge >= 0.3 is 0 Å². The molecule has 3 aromatic rings. The molecule has 2 aromatic carbocycles. The third-order valence-corrected chi connectivity index (χ3v) is 4.28. The minimum Gasteiger partial charge on any atom is -0.288 e. The van der Waals surface area contributed by atoms with Crippen molar-refractivity contribution in [3.05, 3.63) is 71.8 Å². The maximum absolute atomic E-state index is 12.0. The lowest BCUT2D eigenvalue weighted by Gasteiger charge is -2.05. The van der Waals surface area contributed by atoms with Crippen molar-refractivity contribution in [2.45, 2.75) is 5.03 Å².